The molecule has 1 rings (SSSR count). The van der Waals surface area contributed by atoms with E-state index in [4.69, 9.17) is 25.1 Å². The number of ether oxygens (including phenoxy) is 3. The van der Waals surface area contributed by atoms with Crippen LogP contribution in [-0.2, 0) is 11.2 Å². The highest BCUT2D eigenvalue weighted by Gasteiger charge is 2.18. The second kappa shape index (κ2) is 6.84. The summed E-state index contributed by atoms with van der Waals surface area (Å²) in [6.45, 7) is 0. The number of carboxylic acid groups (broad SMARTS) is 1. The minimum Gasteiger partial charge on any atom is -0.493 e. The van der Waals surface area contributed by atoms with Gasteiger partial charge in [0.1, 0.15) is 6.04 Å². The van der Waals surface area contributed by atoms with Crippen LogP contribution >= 0.6 is 0 Å². The van der Waals surface area contributed by atoms with Gasteiger partial charge in [-0.05, 0) is 24.5 Å². The summed E-state index contributed by atoms with van der Waals surface area (Å²) in [6, 6.07) is 2.68. The zero-order valence-corrected chi connectivity index (χ0v) is 11.3. The number of methoxy groups -OCH3 is 3. The second-order valence-electron chi connectivity index (χ2n) is 3.98. The lowest BCUT2D eigenvalue weighted by molar-refractivity contribution is -0.138. The fourth-order valence-corrected chi connectivity index (χ4v) is 1.79. The highest BCUT2D eigenvalue weighted by Crippen LogP contribution is 2.40. The van der Waals surface area contributed by atoms with Crippen molar-refractivity contribution in [3.63, 3.8) is 0 Å². The first-order valence-corrected chi connectivity index (χ1v) is 5.81. The Morgan fingerprint density at radius 2 is 1.84 bits per heavy atom. The van der Waals surface area contributed by atoms with Crippen molar-refractivity contribution in [1.82, 2.24) is 0 Å². The molecule has 0 heterocycles. The summed E-state index contributed by atoms with van der Waals surface area (Å²) in [5.41, 5.74) is 6.32. The van der Waals surface area contributed by atoms with Crippen LogP contribution in [0.1, 0.15) is 12.0 Å². The molecule has 0 fully saturated rings. The molecule has 0 spiro atoms. The van der Waals surface area contributed by atoms with Gasteiger partial charge in [0, 0.05) is 0 Å². The smallest absolute Gasteiger partial charge is 0.320 e. The minimum absolute atomic E-state index is 0.321. The first-order valence-electron chi connectivity index (χ1n) is 5.81. The highest BCUT2D eigenvalue weighted by molar-refractivity contribution is 5.73. The predicted octanol–water partition coefficient (Wildman–Crippen LogP) is 1.06. The Morgan fingerprint density at radius 3 is 2.32 bits per heavy atom. The Balaban J connectivity index is 2.98. The molecule has 0 saturated carbocycles. The molecule has 6 nitrogen and oxygen atoms in total. The number of hydrogen-bond acceptors (Lipinski definition) is 5. The van der Waals surface area contributed by atoms with Gasteiger partial charge in [-0.1, -0.05) is 6.07 Å². The van der Waals surface area contributed by atoms with Crippen LogP contribution in [0.3, 0.4) is 0 Å². The summed E-state index contributed by atoms with van der Waals surface area (Å²) in [5, 5.41) is 8.77. The molecule has 1 aromatic carbocycles. The quantitative estimate of drug-likeness (QED) is 0.769. The maximum atomic E-state index is 10.7. The number of nitrogens with two attached hydrogens (primary N) is 1. The van der Waals surface area contributed by atoms with Gasteiger partial charge < -0.3 is 25.1 Å². The number of aliphatic carboxylic acids is 1. The molecule has 0 aliphatic rings. The monoisotopic (exact) mass is 269 g/mol. The van der Waals surface area contributed by atoms with Crippen LogP contribution < -0.4 is 19.9 Å². The van der Waals surface area contributed by atoms with Gasteiger partial charge in [0.2, 0.25) is 5.75 Å². The Kier molecular flexibility index (Phi) is 5.44. The Morgan fingerprint density at radius 1 is 1.21 bits per heavy atom. The Hall–Kier alpha value is -1.95. The van der Waals surface area contributed by atoms with Crippen LogP contribution in [-0.4, -0.2) is 38.4 Å². The van der Waals surface area contributed by atoms with E-state index < -0.39 is 12.0 Å². The van der Waals surface area contributed by atoms with Gasteiger partial charge in [0.05, 0.1) is 21.3 Å². The van der Waals surface area contributed by atoms with Crippen LogP contribution in [0.25, 0.3) is 0 Å². The molecular weight excluding hydrogens is 250 g/mol. The third-order valence-electron chi connectivity index (χ3n) is 2.83. The van der Waals surface area contributed by atoms with E-state index in [1.54, 1.807) is 6.07 Å². The van der Waals surface area contributed by atoms with E-state index in [9.17, 15) is 4.79 Å². The Bertz CT molecular complexity index is 447. The molecule has 0 aliphatic carbocycles. The number of benzene rings is 1. The molecule has 1 atom stereocenters. The van der Waals surface area contributed by atoms with Gasteiger partial charge in [-0.3, -0.25) is 4.79 Å². The third kappa shape index (κ3) is 3.51. The van der Waals surface area contributed by atoms with Crippen molar-refractivity contribution in [2.75, 3.05) is 21.3 Å². The topological polar surface area (TPSA) is 91.0 Å². The average molecular weight is 269 g/mol. The number of aryl methyl sites for hydroxylation is 1. The van der Waals surface area contributed by atoms with Crippen molar-refractivity contribution in [3.8, 4) is 17.2 Å². The molecule has 0 bridgehead atoms. The molecular formula is C13H19NO5. The highest BCUT2D eigenvalue weighted by atomic mass is 16.5. The number of carbonyl (C=O) groups is 1. The van der Waals surface area contributed by atoms with E-state index in [0.717, 1.165) is 5.56 Å². The summed E-state index contributed by atoms with van der Waals surface area (Å²) in [7, 11) is 4.59. The zero-order chi connectivity index (χ0) is 14.4. The summed E-state index contributed by atoms with van der Waals surface area (Å²) in [4.78, 5) is 10.7. The van der Waals surface area contributed by atoms with Gasteiger partial charge in [-0.15, -0.1) is 0 Å². The molecule has 0 aliphatic heterocycles. The third-order valence-corrected chi connectivity index (χ3v) is 2.83. The average Bonchev–Trinajstić information content (AvgIpc) is 2.42. The van der Waals surface area contributed by atoms with Crippen molar-refractivity contribution >= 4 is 5.97 Å². The predicted molar refractivity (Wildman–Crippen MR) is 70.0 cm³/mol. The SMILES string of the molecule is COc1ccc(CCC(N)C(=O)O)c(OC)c1OC. The molecule has 6 heteroatoms. The van der Waals surface area contributed by atoms with Gasteiger partial charge in [0.15, 0.2) is 11.5 Å². The van der Waals surface area contributed by atoms with Crippen LogP contribution in [0.4, 0.5) is 0 Å². The first-order chi connectivity index (χ1) is 9.04. The lowest BCUT2D eigenvalue weighted by Gasteiger charge is -2.16. The summed E-state index contributed by atoms with van der Waals surface area (Å²) in [6.07, 6.45) is 0.804. The van der Waals surface area contributed by atoms with Crippen molar-refractivity contribution in [2.45, 2.75) is 18.9 Å². The summed E-state index contributed by atoms with van der Waals surface area (Å²) in [5.74, 6) is 0.580. The standard InChI is InChI=1S/C13H19NO5/c1-17-10-7-5-8(4-6-9(14)13(15)16)11(18-2)12(10)19-3/h5,7,9H,4,6,14H2,1-3H3,(H,15,16). The molecule has 1 unspecified atom stereocenters. The van der Waals surface area contributed by atoms with Crippen molar-refractivity contribution in [1.29, 1.82) is 0 Å². The minimum atomic E-state index is -1.01. The van der Waals surface area contributed by atoms with E-state index >= 15 is 0 Å². The van der Waals surface area contributed by atoms with E-state index in [1.165, 1.54) is 21.3 Å². The number of carboxylic acids is 1. The van der Waals surface area contributed by atoms with Crippen molar-refractivity contribution < 1.29 is 24.1 Å². The number of hydrogen-bond donors (Lipinski definition) is 2. The molecule has 0 saturated heterocycles. The summed E-state index contributed by atoms with van der Waals surface area (Å²) >= 11 is 0. The molecule has 0 aromatic heterocycles. The lowest BCUT2D eigenvalue weighted by atomic mass is 10.0. The fourth-order valence-electron chi connectivity index (χ4n) is 1.79. The van der Waals surface area contributed by atoms with Crippen LogP contribution in [0.2, 0.25) is 0 Å². The zero-order valence-electron chi connectivity index (χ0n) is 11.3. The lowest BCUT2D eigenvalue weighted by Crippen LogP contribution is -2.30. The normalized spacial score (nSPS) is 11.8. The molecule has 19 heavy (non-hydrogen) atoms. The summed E-state index contributed by atoms with van der Waals surface area (Å²) < 4.78 is 15.7. The van der Waals surface area contributed by atoms with E-state index in [1.807, 2.05) is 6.07 Å². The maximum Gasteiger partial charge on any atom is 0.320 e. The largest absolute Gasteiger partial charge is 0.493 e. The van der Waals surface area contributed by atoms with E-state index in [2.05, 4.69) is 0 Å². The van der Waals surface area contributed by atoms with Crippen molar-refractivity contribution in [2.24, 2.45) is 5.73 Å². The molecule has 3 N–H and O–H groups in total. The van der Waals surface area contributed by atoms with Crippen molar-refractivity contribution in [3.05, 3.63) is 17.7 Å². The molecule has 0 amide bonds. The van der Waals surface area contributed by atoms with Gasteiger partial charge >= 0.3 is 5.97 Å². The van der Waals surface area contributed by atoms with Crippen LogP contribution in [0, 0.1) is 0 Å². The van der Waals surface area contributed by atoms with E-state index in [-0.39, 0.29) is 0 Å². The maximum absolute atomic E-state index is 10.7. The fraction of sp³-hybridized carbons (Fsp3) is 0.462. The van der Waals surface area contributed by atoms with Gasteiger partial charge in [-0.2, -0.15) is 0 Å². The second-order valence-corrected chi connectivity index (χ2v) is 3.98. The Labute approximate surface area is 112 Å². The van der Waals surface area contributed by atoms with E-state index in [0.29, 0.717) is 30.1 Å². The van der Waals surface area contributed by atoms with Gasteiger partial charge in [-0.25, -0.2) is 0 Å². The van der Waals surface area contributed by atoms with Crippen LogP contribution in [0.15, 0.2) is 12.1 Å². The number of rotatable bonds is 7. The molecule has 1 aromatic rings. The van der Waals surface area contributed by atoms with Gasteiger partial charge in [0.25, 0.3) is 0 Å². The first kappa shape index (κ1) is 15.1. The van der Waals surface area contributed by atoms with Crippen LogP contribution in [0.5, 0.6) is 17.2 Å². The molecule has 106 valence electrons. The molecule has 0 radical (unpaired) electrons.